The Hall–Kier alpha value is -0.690. The van der Waals surface area contributed by atoms with E-state index >= 15 is 0 Å². The molecular weight excluding hydrogens is 250 g/mol. The molecule has 0 aromatic rings. The highest BCUT2D eigenvalue weighted by Gasteiger charge is 2.08. The van der Waals surface area contributed by atoms with E-state index in [0.29, 0.717) is 39.1 Å². The number of esters is 1. The van der Waals surface area contributed by atoms with Gasteiger partial charge < -0.3 is 24.6 Å². The maximum Gasteiger partial charge on any atom is 0.305 e. The Morgan fingerprint density at radius 3 is 2.74 bits per heavy atom. The maximum absolute atomic E-state index is 11.0. The number of hydrogen-bond acceptors (Lipinski definition) is 6. The van der Waals surface area contributed by atoms with E-state index in [1.165, 1.54) is 0 Å². The van der Waals surface area contributed by atoms with Gasteiger partial charge in [0.1, 0.15) is 0 Å². The number of carbonyl (C=O) groups excluding carboxylic acids is 1. The lowest BCUT2D eigenvalue weighted by Crippen LogP contribution is -2.33. The highest BCUT2D eigenvalue weighted by atomic mass is 16.5. The van der Waals surface area contributed by atoms with Gasteiger partial charge >= 0.3 is 5.97 Å². The van der Waals surface area contributed by atoms with Gasteiger partial charge in [-0.05, 0) is 26.8 Å². The highest BCUT2D eigenvalue weighted by Crippen LogP contribution is 1.94. The zero-order valence-corrected chi connectivity index (χ0v) is 12.2. The number of nitrogens with one attached hydrogen (secondary N) is 1. The second-order valence-electron chi connectivity index (χ2n) is 4.37. The Morgan fingerprint density at radius 1 is 1.37 bits per heavy atom. The summed E-state index contributed by atoms with van der Waals surface area (Å²) < 4.78 is 15.1. The minimum Gasteiger partial charge on any atom is -0.466 e. The number of rotatable bonds is 12. The molecule has 0 aliphatic rings. The highest BCUT2D eigenvalue weighted by molar-refractivity contribution is 5.69. The van der Waals surface area contributed by atoms with Gasteiger partial charge in [0, 0.05) is 20.1 Å². The largest absolute Gasteiger partial charge is 0.466 e. The number of methoxy groups -OCH3 is 1. The van der Waals surface area contributed by atoms with Crippen molar-refractivity contribution in [2.24, 2.45) is 0 Å². The van der Waals surface area contributed by atoms with Crippen molar-refractivity contribution in [3.05, 3.63) is 0 Å². The third kappa shape index (κ3) is 12.1. The summed E-state index contributed by atoms with van der Waals surface area (Å²) in [6, 6.07) is 0. The summed E-state index contributed by atoms with van der Waals surface area (Å²) in [6.07, 6.45) is 0.524. The van der Waals surface area contributed by atoms with Crippen LogP contribution >= 0.6 is 0 Å². The average molecular weight is 277 g/mol. The van der Waals surface area contributed by atoms with Crippen molar-refractivity contribution in [2.45, 2.75) is 38.9 Å². The van der Waals surface area contributed by atoms with E-state index in [1.54, 1.807) is 14.0 Å². The van der Waals surface area contributed by atoms with Gasteiger partial charge in [-0.3, -0.25) is 4.79 Å². The number of hydrogen-bond donors (Lipinski definition) is 2. The molecule has 19 heavy (non-hydrogen) atoms. The summed E-state index contributed by atoms with van der Waals surface area (Å²) in [5.74, 6) is -0.179. The van der Waals surface area contributed by atoms with Gasteiger partial charge in [-0.1, -0.05) is 0 Å². The summed E-state index contributed by atoms with van der Waals surface area (Å²) in [4.78, 5) is 11.0. The molecule has 0 aliphatic heterocycles. The first kappa shape index (κ1) is 18.3. The second-order valence-corrected chi connectivity index (χ2v) is 4.37. The molecule has 0 aromatic carbocycles. The zero-order valence-electron chi connectivity index (χ0n) is 12.2. The number of aliphatic hydroxyl groups excluding tert-OH is 1. The lowest BCUT2D eigenvalue weighted by atomic mass is 10.3. The van der Waals surface area contributed by atoms with Crippen LogP contribution in [-0.4, -0.2) is 63.3 Å². The van der Waals surface area contributed by atoms with Gasteiger partial charge in [0.2, 0.25) is 0 Å². The molecule has 2 atom stereocenters. The Bertz CT molecular complexity index is 225. The normalized spacial score (nSPS) is 14.1. The summed E-state index contributed by atoms with van der Waals surface area (Å²) in [7, 11) is 1.61. The lowest BCUT2D eigenvalue weighted by Gasteiger charge is -2.16. The third-order valence-corrected chi connectivity index (χ3v) is 2.39. The molecule has 0 bridgehead atoms. The Kier molecular flexibility index (Phi) is 11.9. The Balaban J connectivity index is 3.38. The van der Waals surface area contributed by atoms with Crippen LogP contribution in [0.25, 0.3) is 0 Å². The second kappa shape index (κ2) is 12.3. The molecule has 0 amide bonds. The van der Waals surface area contributed by atoms with Crippen LogP contribution < -0.4 is 5.32 Å². The van der Waals surface area contributed by atoms with Crippen molar-refractivity contribution < 1.29 is 24.1 Å². The van der Waals surface area contributed by atoms with E-state index in [1.807, 2.05) is 6.92 Å². The van der Waals surface area contributed by atoms with Crippen LogP contribution in [0.3, 0.4) is 0 Å². The predicted molar refractivity (Wildman–Crippen MR) is 72.0 cm³/mol. The Labute approximate surface area is 115 Å². The van der Waals surface area contributed by atoms with Gasteiger partial charge in [0.15, 0.2) is 0 Å². The molecule has 0 saturated carbocycles. The van der Waals surface area contributed by atoms with Gasteiger partial charge in [0.25, 0.3) is 0 Å². The summed E-state index contributed by atoms with van der Waals surface area (Å²) >= 11 is 0. The standard InChI is InChI=1S/C13H27NO5/c1-4-18-13(16)6-5-7-14-8-12(15)10-19-11(2)9-17-3/h11-12,14-15H,4-10H2,1-3H3. The molecule has 0 saturated heterocycles. The third-order valence-electron chi connectivity index (χ3n) is 2.39. The first-order valence-electron chi connectivity index (χ1n) is 6.75. The number of aliphatic hydroxyl groups is 1. The van der Waals surface area contributed by atoms with Crippen molar-refractivity contribution in [1.82, 2.24) is 5.32 Å². The lowest BCUT2D eigenvalue weighted by molar-refractivity contribution is -0.143. The van der Waals surface area contributed by atoms with Crippen molar-refractivity contribution in [1.29, 1.82) is 0 Å². The molecule has 0 heterocycles. The van der Waals surface area contributed by atoms with Crippen molar-refractivity contribution in [3.63, 3.8) is 0 Å². The maximum atomic E-state index is 11.0. The summed E-state index contributed by atoms with van der Waals surface area (Å²) in [5.41, 5.74) is 0. The molecular formula is C13H27NO5. The monoisotopic (exact) mass is 277 g/mol. The van der Waals surface area contributed by atoms with Crippen LogP contribution in [-0.2, 0) is 19.0 Å². The van der Waals surface area contributed by atoms with E-state index in [2.05, 4.69) is 5.32 Å². The van der Waals surface area contributed by atoms with E-state index in [0.717, 1.165) is 0 Å². The SMILES string of the molecule is CCOC(=O)CCCNCC(O)COC(C)COC. The summed E-state index contributed by atoms with van der Waals surface area (Å²) in [5, 5.41) is 12.7. The van der Waals surface area contributed by atoms with Crippen molar-refractivity contribution in [2.75, 3.05) is 40.0 Å². The molecule has 0 fully saturated rings. The molecule has 0 radical (unpaired) electrons. The minimum absolute atomic E-state index is 0.0246. The van der Waals surface area contributed by atoms with Crippen LogP contribution in [0, 0.1) is 0 Å². The molecule has 2 unspecified atom stereocenters. The van der Waals surface area contributed by atoms with Crippen molar-refractivity contribution >= 4 is 5.97 Å². The molecule has 0 rings (SSSR count). The van der Waals surface area contributed by atoms with Gasteiger partial charge in [0.05, 0.1) is 32.0 Å². The molecule has 6 nitrogen and oxygen atoms in total. The van der Waals surface area contributed by atoms with Crippen molar-refractivity contribution in [3.8, 4) is 0 Å². The fourth-order valence-electron chi connectivity index (χ4n) is 1.48. The van der Waals surface area contributed by atoms with Crippen LogP contribution in [0.2, 0.25) is 0 Å². The van der Waals surface area contributed by atoms with E-state index in [-0.39, 0.29) is 18.7 Å². The number of carbonyl (C=O) groups is 1. The summed E-state index contributed by atoms with van der Waals surface area (Å²) in [6.45, 7) is 6.00. The molecule has 2 N–H and O–H groups in total. The average Bonchev–Trinajstić information content (AvgIpc) is 2.36. The molecule has 0 aromatic heterocycles. The van der Waals surface area contributed by atoms with Crippen LogP contribution in [0.5, 0.6) is 0 Å². The van der Waals surface area contributed by atoms with E-state index < -0.39 is 6.10 Å². The quantitative estimate of drug-likeness (QED) is 0.395. The van der Waals surface area contributed by atoms with Gasteiger partial charge in [-0.15, -0.1) is 0 Å². The fraction of sp³-hybridized carbons (Fsp3) is 0.923. The predicted octanol–water partition coefficient (Wildman–Crippen LogP) is 0.332. The zero-order chi connectivity index (χ0) is 14.5. The molecule has 0 aliphatic carbocycles. The van der Waals surface area contributed by atoms with Crippen LogP contribution in [0.15, 0.2) is 0 Å². The van der Waals surface area contributed by atoms with E-state index in [9.17, 15) is 9.90 Å². The van der Waals surface area contributed by atoms with Crippen LogP contribution in [0.1, 0.15) is 26.7 Å². The van der Waals surface area contributed by atoms with Gasteiger partial charge in [-0.25, -0.2) is 0 Å². The first-order chi connectivity index (χ1) is 9.10. The molecule has 0 spiro atoms. The number of ether oxygens (including phenoxy) is 3. The minimum atomic E-state index is -0.554. The first-order valence-corrected chi connectivity index (χ1v) is 6.75. The molecule has 6 heteroatoms. The smallest absolute Gasteiger partial charge is 0.305 e. The Morgan fingerprint density at radius 2 is 2.11 bits per heavy atom. The topological polar surface area (TPSA) is 77.0 Å². The van der Waals surface area contributed by atoms with E-state index in [4.69, 9.17) is 14.2 Å². The fourth-order valence-corrected chi connectivity index (χ4v) is 1.48. The van der Waals surface area contributed by atoms with Crippen LogP contribution in [0.4, 0.5) is 0 Å². The van der Waals surface area contributed by atoms with Gasteiger partial charge in [-0.2, -0.15) is 0 Å². The molecule has 114 valence electrons.